The summed E-state index contributed by atoms with van der Waals surface area (Å²) in [6.45, 7) is 3.38. The molecule has 1 unspecified atom stereocenters. The maximum absolute atomic E-state index is 12.3. The van der Waals surface area contributed by atoms with E-state index in [1.807, 2.05) is 0 Å². The van der Waals surface area contributed by atoms with Crippen molar-refractivity contribution in [2.75, 3.05) is 12.4 Å². The van der Waals surface area contributed by atoms with Crippen LogP contribution in [0, 0.1) is 6.92 Å². The Kier molecular flexibility index (Phi) is 5.82. The summed E-state index contributed by atoms with van der Waals surface area (Å²) in [5.74, 6) is -0.230. The lowest BCUT2D eigenvalue weighted by Crippen LogP contribution is -2.30. The quantitative estimate of drug-likeness (QED) is 0.834. The summed E-state index contributed by atoms with van der Waals surface area (Å²) in [5.41, 5.74) is 1.58. The predicted octanol–water partition coefficient (Wildman–Crippen LogP) is 3.84. The molecule has 5 nitrogen and oxygen atoms in total. The van der Waals surface area contributed by atoms with Crippen molar-refractivity contribution in [3.8, 4) is 5.75 Å². The molecule has 0 bridgehead atoms. The summed E-state index contributed by atoms with van der Waals surface area (Å²) >= 11 is 5.82. The van der Waals surface area contributed by atoms with Crippen LogP contribution in [-0.4, -0.2) is 25.1 Å². The Balaban J connectivity index is 2.08. The molecule has 0 spiro atoms. The average Bonchev–Trinajstić information content (AvgIpc) is 2.58. The van der Waals surface area contributed by atoms with Crippen molar-refractivity contribution in [2.45, 2.75) is 20.0 Å². The van der Waals surface area contributed by atoms with Gasteiger partial charge in [-0.3, -0.25) is 4.79 Å². The first kappa shape index (κ1) is 17.8. The Morgan fingerprint density at radius 2 is 1.79 bits per heavy atom. The molecule has 0 saturated carbocycles. The molecule has 0 heterocycles. The van der Waals surface area contributed by atoms with Crippen molar-refractivity contribution in [1.82, 2.24) is 0 Å². The van der Waals surface area contributed by atoms with Crippen LogP contribution in [0.25, 0.3) is 0 Å². The van der Waals surface area contributed by atoms with Gasteiger partial charge in [-0.25, -0.2) is 4.79 Å². The van der Waals surface area contributed by atoms with E-state index < -0.39 is 12.1 Å². The number of carbonyl (C=O) groups excluding carboxylic acids is 2. The molecule has 126 valence electrons. The van der Waals surface area contributed by atoms with E-state index in [2.05, 4.69) is 5.32 Å². The van der Waals surface area contributed by atoms with Crippen LogP contribution < -0.4 is 10.1 Å². The van der Waals surface area contributed by atoms with Crippen molar-refractivity contribution in [2.24, 2.45) is 0 Å². The van der Waals surface area contributed by atoms with Crippen molar-refractivity contribution in [3.63, 3.8) is 0 Å². The minimum absolute atomic E-state index is 0.324. The van der Waals surface area contributed by atoms with Crippen molar-refractivity contribution in [1.29, 1.82) is 0 Å². The number of amides is 1. The lowest BCUT2D eigenvalue weighted by molar-refractivity contribution is -0.122. The highest BCUT2D eigenvalue weighted by Crippen LogP contribution is 2.21. The van der Waals surface area contributed by atoms with Gasteiger partial charge < -0.3 is 14.8 Å². The molecule has 0 aliphatic carbocycles. The number of anilines is 1. The second-order valence-corrected chi connectivity index (χ2v) is 5.61. The summed E-state index contributed by atoms with van der Waals surface area (Å²) in [6.07, 6.45) is -0.715. The molecule has 0 aliphatic heterocycles. The van der Waals surface area contributed by atoms with Gasteiger partial charge in [0, 0.05) is 10.7 Å². The van der Waals surface area contributed by atoms with E-state index in [1.54, 1.807) is 56.3 Å². The molecular formula is C18H18ClNO4. The second-order valence-electron chi connectivity index (χ2n) is 5.17. The fourth-order valence-corrected chi connectivity index (χ4v) is 2.23. The molecule has 2 rings (SSSR count). The van der Waals surface area contributed by atoms with Gasteiger partial charge in [-0.05, 0) is 55.8 Å². The summed E-state index contributed by atoms with van der Waals surface area (Å²) in [7, 11) is 1.31. The van der Waals surface area contributed by atoms with Crippen LogP contribution in [0.4, 0.5) is 5.69 Å². The normalized spacial score (nSPS) is 11.5. The predicted molar refractivity (Wildman–Crippen MR) is 92.7 cm³/mol. The Morgan fingerprint density at radius 1 is 1.12 bits per heavy atom. The van der Waals surface area contributed by atoms with E-state index in [-0.39, 0.29) is 5.91 Å². The number of ether oxygens (including phenoxy) is 2. The van der Waals surface area contributed by atoms with Gasteiger partial charge in [0.25, 0.3) is 5.91 Å². The van der Waals surface area contributed by atoms with Gasteiger partial charge in [-0.2, -0.15) is 0 Å². The van der Waals surface area contributed by atoms with Crippen LogP contribution in [0.3, 0.4) is 0 Å². The molecule has 0 fully saturated rings. The Morgan fingerprint density at radius 3 is 2.42 bits per heavy atom. The number of rotatable bonds is 5. The number of halogens is 1. The number of nitrogens with one attached hydrogen (secondary N) is 1. The van der Waals surface area contributed by atoms with E-state index >= 15 is 0 Å². The number of benzene rings is 2. The van der Waals surface area contributed by atoms with E-state index in [4.69, 9.17) is 21.1 Å². The van der Waals surface area contributed by atoms with E-state index in [0.717, 1.165) is 0 Å². The third-order valence-corrected chi connectivity index (χ3v) is 3.74. The summed E-state index contributed by atoms with van der Waals surface area (Å²) < 4.78 is 10.3. The molecular weight excluding hydrogens is 330 g/mol. The third kappa shape index (κ3) is 4.26. The van der Waals surface area contributed by atoms with Crippen LogP contribution in [0.5, 0.6) is 5.75 Å². The molecule has 0 saturated heterocycles. The molecule has 2 aromatic rings. The van der Waals surface area contributed by atoms with Crippen LogP contribution in [0.1, 0.15) is 22.8 Å². The van der Waals surface area contributed by atoms with Crippen molar-refractivity contribution >= 4 is 29.2 Å². The minimum Gasteiger partial charge on any atom is -0.481 e. The monoisotopic (exact) mass is 347 g/mol. The zero-order valence-electron chi connectivity index (χ0n) is 13.6. The van der Waals surface area contributed by atoms with Crippen molar-refractivity contribution in [3.05, 3.63) is 58.6 Å². The molecule has 24 heavy (non-hydrogen) atoms. The van der Waals surface area contributed by atoms with Crippen molar-refractivity contribution < 1.29 is 19.1 Å². The number of carbonyl (C=O) groups is 2. The highest BCUT2D eigenvalue weighted by Gasteiger charge is 2.18. The lowest BCUT2D eigenvalue weighted by atomic mass is 10.1. The lowest BCUT2D eigenvalue weighted by Gasteiger charge is -2.16. The highest BCUT2D eigenvalue weighted by molar-refractivity contribution is 6.30. The van der Waals surface area contributed by atoms with Crippen LogP contribution in [0.2, 0.25) is 5.02 Å². The second kappa shape index (κ2) is 7.84. The van der Waals surface area contributed by atoms with E-state index in [1.165, 1.54) is 7.11 Å². The Hall–Kier alpha value is -2.53. The molecule has 2 aromatic carbocycles. The smallest absolute Gasteiger partial charge is 0.338 e. The molecule has 1 N–H and O–H groups in total. The van der Waals surface area contributed by atoms with Crippen LogP contribution in [-0.2, 0) is 9.53 Å². The summed E-state index contributed by atoms with van der Waals surface area (Å²) in [5, 5.41) is 3.36. The van der Waals surface area contributed by atoms with E-state index in [0.29, 0.717) is 27.6 Å². The maximum atomic E-state index is 12.3. The van der Waals surface area contributed by atoms with Gasteiger partial charge in [0.2, 0.25) is 0 Å². The number of hydrogen-bond donors (Lipinski definition) is 1. The molecule has 0 aromatic heterocycles. The number of hydrogen-bond acceptors (Lipinski definition) is 4. The minimum atomic E-state index is -0.715. The maximum Gasteiger partial charge on any atom is 0.338 e. The molecule has 0 radical (unpaired) electrons. The third-order valence-electron chi connectivity index (χ3n) is 3.49. The first-order valence-corrected chi connectivity index (χ1v) is 7.71. The summed E-state index contributed by atoms with van der Waals surface area (Å²) in [4.78, 5) is 24.0. The number of methoxy groups -OCH3 is 1. The molecule has 1 atom stereocenters. The van der Waals surface area contributed by atoms with Gasteiger partial charge in [-0.1, -0.05) is 17.7 Å². The zero-order valence-corrected chi connectivity index (χ0v) is 14.4. The number of esters is 1. The first-order chi connectivity index (χ1) is 11.4. The van der Waals surface area contributed by atoms with E-state index in [9.17, 15) is 9.59 Å². The first-order valence-electron chi connectivity index (χ1n) is 7.33. The molecule has 6 heteroatoms. The molecule has 1 amide bonds. The summed E-state index contributed by atoms with van der Waals surface area (Å²) in [6, 6.07) is 11.8. The SMILES string of the molecule is COC(=O)c1cccc(NC(=O)C(C)Oc2ccc(Cl)cc2)c1C. The van der Waals surface area contributed by atoms with Gasteiger partial charge in [0.1, 0.15) is 5.75 Å². The topological polar surface area (TPSA) is 64.6 Å². The largest absolute Gasteiger partial charge is 0.481 e. The standard InChI is InChI=1S/C18H18ClNO4/c1-11-15(18(22)23-3)5-4-6-16(11)20-17(21)12(2)24-14-9-7-13(19)8-10-14/h4-10,12H,1-3H3,(H,20,21). The van der Waals surface area contributed by atoms with Gasteiger partial charge in [-0.15, -0.1) is 0 Å². The fraction of sp³-hybridized carbons (Fsp3) is 0.222. The zero-order chi connectivity index (χ0) is 17.7. The van der Waals surface area contributed by atoms with Gasteiger partial charge in [0.05, 0.1) is 12.7 Å². The Bertz CT molecular complexity index is 743. The van der Waals surface area contributed by atoms with Crippen LogP contribution in [0.15, 0.2) is 42.5 Å². The highest BCUT2D eigenvalue weighted by atomic mass is 35.5. The van der Waals surface area contributed by atoms with Crippen LogP contribution >= 0.6 is 11.6 Å². The fourth-order valence-electron chi connectivity index (χ4n) is 2.11. The Labute approximate surface area is 145 Å². The van der Waals surface area contributed by atoms with Gasteiger partial charge >= 0.3 is 5.97 Å². The molecule has 0 aliphatic rings. The average molecular weight is 348 g/mol. The van der Waals surface area contributed by atoms with Gasteiger partial charge in [0.15, 0.2) is 6.10 Å².